The van der Waals surface area contributed by atoms with E-state index in [0.29, 0.717) is 12.2 Å². The van der Waals surface area contributed by atoms with E-state index in [0.717, 1.165) is 22.7 Å². The van der Waals surface area contributed by atoms with Crippen LogP contribution in [-0.4, -0.2) is 89.9 Å². The number of ether oxygens (including phenoxy) is 1. The summed E-state index contributed by atoms with van der Waals surface area (Å²) in [4.78, 5) is 24.9. The summed E-state index contributed by atoms with van der Waals surface area (Å²) in [6.45, 7) is 1.93. The van der Waals surface area contributed by atoms with Crippen LogP contribution in [0.3, 0.4) is 0 Å². The molecule has 10 nitrogen and oxygen atoms in total. The highest BCUT2D eigenvalue weighted by Crippen LogP contribution is 2.13. The summed E-state index contributed by atoms with van der Waals surface area (Å²) in [7, 11) is -3.70. The number of carboxylic acid groups (broad SMARTS) is 1. The molecule has 1 aromatic rings. The first kappa shape index (κ1) is 19.3. The van der Waals surface area contributed by atoms with Gasteiger partial charge in [0.25, 0.3) is 5.91 Å². The second kappa shape index (κ2) is 7.93. The van der Waals surface area contributed by atoms with Gasteiger partial charge in [-0.3, -0.25) is 14.7 Å². The van der Waals surface area contributed by atoms with E-state index in [9.17, 15) is 18.0 Å². The quantitative estimate of drug-likeness (QED) is 0.636. The van der Waals surface area contributed by atoms with Crippen molar-refractivity contribution in [3.63, 3.8) is 0 Å². The van der Waals surface area contributed by atoms with Crippen molar-refractivity contribution < 1.29 is 27.9 Å². The Hall–Kier alpha value is -1.98. The van der Waals surface area contributed by atoms with E-state index in [4.69, 9.17) is 9.84 Å². The molecule has 1 aromatic heterocycles. The molecule has 2 heterocycles. The molecule has 25 heavy (non-hydrogen) atoms. The smallest absolute Gasteiger partial charge is 0.318 e. The van der Waals surface area contributed by atoms with Crippen molar-refractivity contribution in [1.29, 1.82) is 0 Å². The number of H-pyrrole nitrogens is 1. The van der Waals surface area contributed by atoms with E-state index < -0.39 is 28.6 Å². The van der Waals surface area contributed by atoms with Crippen molar-refractivity contribution in [3.05, 3.63) is 17.5 Å². The minimum absolute atomic E-state index is 0.129. The third kappa shape index (κ3) is 5.25. The third-order valence-electron chi connectivity index (χ3n) is 3.84. The summed E-state index contributed by atoms with van der Waals surface area (Å²) < 4.78 is 29.8. The van der Waals surface area contributed by atoms with Gasteiger partial charge in [0.2, 0.25) is 10.0 Å². The van der Waals surface area contributed by atoms with Crippen LogP contribution in [0.25, 0.3) is 0 Å². The molecule has 2 rings (SSSR count). The van der Waals surface area contributed by atoms with Gasteiger partial charge in [0.05, 0.1) is 19.0 Å². The van der Waals surface area contributed by atoms with Gasteiger partial charge < -0.3 is 14.7 Å². The molecule has 0 saturated carbocycles. The van der Waals surface area contributed by atoms with Crippen LogP contribution in [0.15, 0.2) is 6.07 Å². The lowest BCUT2D eigenvalue weighted by atomic mass is 10.2. The molecule has 0 spiro atoms. The number of sulfonamides is 1. The first-order valence-electron chi connectivity index (χ1n) is 7.82. The number of aliphatic carboxylic acids is 1. The first-order chi connectivity index (χ1) is 11.7. The fourth-order valence-corrected chi connectivity index (χ4v) is 3.31. The zero-order chi connectivity index (χ0) is 18.6. The summed E-state index contributed by atoms with van der Waals surface area (Å²) in [6, 6.07) is 1.68. The monoisotopic (exact) mass is 374 g/mol. The molecule has 1 fully saturated rings. The van der Waals surface area contributed by atoms with E-state index in [2.05, 4.69) is 10.2 Å². The van der Waals surface area contributed by atoms with Crippen LogP contribution in [0, 0.1) is 0 Å². The van der Waals surface area contributed by atoms with Gasteiger partial charge in [-0.2, -0.15) is 9.40 Å². The molecule has 0 aliphatic carbocycles. The van der Waals surface area contributed by atoms with Gasteiger partial charge in [-0.25, -0.2) is 8.42 Å². The van der Waals surface area contributed by atoms with E-state index in [1.807, 2.05) is 6.92 Å². The number of carboxylic acids is 1. The molecule has 1 unspecified atom stereocenters. The first-order valence-corrected chi connectivity index (χ1v) is 9.67. The average molecular weight is 374 g/mol. The molecule has 1 aliphatic heterocycles. The molecular weight excluding hydrogens is 352 g/mol. The van der Waals surface area contributed by atoms with E-state index in [1.165, 1.54) is 4.90 Å². The second-order valence-corrected chi connectivity index (χ2v) is 7.81. The molecule has 0 bridgehead atoms. The Bertz CT molecular complexity index is 731. The van der Waals surface area contributed by atoms with E-state index in [1.54, 1.807) is 6.07 Å². The molecule has 2 N–H and O–H groups in total. The summed E-state index contributed by atoms with van der Waals surface area (Å²) in [5.41, 5.74) is 1.14. The number of hydrogen-bond acceptors (Lipinski definition) is 6. The van der Waals surface area contributed by atoms with Crippen LogP contribution >= 0.6 is 0 Å². The minimum atomic E-state index is -3.70. The Kier molecular flexibility index (Phi) is 6.14. The maximum absolute atomic E-state index is 12.5. The Morgan fingerprint density at radius 1 is 1.52 bits per heavy atom. The van der Waals surface area contributed by atoms with Crippen molar-refractivity contribution in [2.24, 2.45) is 0 Å². The number of morpholine rings is 1. The molecule has 0 aromatic carbocycles. The highest BCUT2D eigenvalue weighted by molar-refractivity contribution is 7.88. The lowest BCUT2D eigenvalue weighted by Gasteiger charge is -2.34. The highest BCUT2D eigenvalue weighted by atomic mass is 32.2. The van der Waals surface area contributed by atoms with Gasteiger partial charge in [-0.1, -0.05) is 6.92 Å². The zero-order valence-electron chi connectivity index (χ0n) is 14.1. The highest BCUT2D eigenvalue weighted by Gasteiger charge is 2.30. The van der Waals surface area contributed by atoms with Crippen LogP contribution in [0.1, 0.15) is 23.1 Å². The van der Waals surface area contributed by atoms with Gasteiger partial charge >= 0.3 is 5.97 Å². The summed E-state index contributed by atoms with van der Waals surface area (Å²) in [5, 5.41) is 15.6. The number of hydrogen-bond donors (Lipinski definition) is 2. The standard InChI is InChI=1S/C14H22N4O6S/c1-3-10-6-12(16-15-10)14(21)17-4-5-24-11(7-17)8-18(9-13(19)20)25(2,22)23/h6,11H,3-5,7-9H2,1-2H3,(H,15,16)(H,19,20). The normalized spacial score (nSPS) is 18.5. The number of aryl methyl sites for hydroxylation is 1. The molecule has 1 atom stereocenters. The third-order valence-corrected chi connectivity index (χ3v) is 5.06. The van der Waals surface area contributed by atoms with E-state index >= 15 is 0 Å². The second-order valence-electron chi connectivity index (χ2n) is 5.83. The zero-order valence-corrected chi connectivity index (χ0v) is 15.0. The van der Waals surface area contributed by atoms with Crippen molar-refractivity contribution in [1.82, 2.24) is 19.4 Å². The molecular formula is C14H22N4O6S. The number of nitrogens with zero attached hydrogens (tertiary/aromatic N) is 3. The van der Waals surface area contributed by atoms with Gasteiger partial charge in [-0.05, 0) is 12.5 Å². The Labute approximate surface area is 145 Å². The number of carbonyl (C=O) groups excluding carboxylic acids is 1. The number of carbonyl (C=O) groups is 2. The van der Waals surface area contributed by atoms with Crippen molar-refractivity contribution in [2.45, 2.75) is 19.4 Å². The van der Waals surface area contributed by atoms with Crippen LogP contribution in [0.5, 0.6) is 0 Å². The topological polar surface area (TPSA) is 133 Å². The minimum Gasteiger partial charge on any atom is -0.480 e. The molecule has 140 valence electrons. The van der Waals surface area contributed by atoms with Crippen LogP contribution in [0.2, 0.25) is 0 Å². The van der Waals surface area contributed by atoms with Crippen molar-refractivity contribution >= 4 is 21.9 Å². The predicted octanol–water partition coefficient (Wildman–Crippen LogP) is -0.841. The molecule has 1 amide bonds. The van der Waals surface area contributed by atoms with Crippen molar-refractivity contribution in [2.75, 3.05) is 39.0 Å². The number of aromatic amines is 1. The summed E-state index contributed by atoms with van der Waals surface area (Å²) >= 11 is 0. The molecule has 1 aliphatic rings. The van der Waals surface area contributed by atoms with Crippen LogP contribution in [0.4, 0.5) is 0 Å². The maximum Gasteiger partial charge on any atom is 0.318 e. The number of aromatic nitrogens is 2. The number of rotatable bonds is 7. The summed E-state index contributed by atoms with van der Waals surface area (Å²) in [6.07, 6.45) is 1.07. The fourth-order valence-electron chi connectivity index (χ4n) is 2.52. The largest absolute Gasteiger partial charge is 0.480 e. The SMILES string of the molecule is CCc1cc(C(=O)N2CCOC(CN(CC(=O)O)S(C)(=O)=O)C2)n[nH]1. The van der Waals surface area contributed by atoms with Gasteiger partial charge in [0, 0.05) is 25.3 Å². The molecule has 1 saturated heterocycles. The number of nitrogens with one attached hydrogen (secondary N) is 1. The van der Waals surface area contributed by atoms with Crippen molar-refractivity contribution in [3.8, 4) is 0 Å². The lowest BCUT2D eigenvalue weighted by molar-refractivity contribution is -0.137. The van der Waals surface area contributed by atoms with Gasteiger partial charge in [-0.15, -0.1) is 0 Å². The number of amides is 1. The fraction of sp³-hybridized carbons (Fsp3) is 0.643. The maximum atomic E-state index is 12.5. The molecule has 11 heteroatoms. The van der Waals surface area contributed by atoms with Gasteiger partial charge in [0.15, 0.2) is 0 Å². The molecule has 0 radical (unpaired) electrons. The predicted molar refractivity (Wildman–Crippen MR) is 87.7 cm³/mol. The lowest BCUT2D eigenvalue weighted by Crippen LogP contribution is -2.51. The van der Waals surface area contributed by atoms with Gasteiger partial charge in [0.1, 0.15) is 12.2 Å². The summed E-state index contributed by atoms with van der Waals surface area (Å²) in [5.74, 6) is -1.52. The van der Waals surface area contributed by atoms with Crippen LogP contribution in [-0.2, 0) is 26.0 Å². The van der Waals surface area contributed by atoms with E-state index in [-0.39, 0.29) is 25.6 Å². The Morgan fingerprint density at radius 3 is 2.80 bits per heavy atom. The average Bonchev–Trinajstić information content (AvgIpc) is 3.01. The van der Waals surface area contributed by atoms with Crippen LogP contribution < -0.4 is 0 Å². The Balaban J connectivity index is 2.04. The Morgan fingerprint density at radius 2 is 2.24 bits per heavy atom.